The number of carbonyl (C=O) groups is 2. The van der Waals surface area contributed by atoms with Crippen molar-refractivity contribution in [2.75, 3.05) is 13.7 Å². The fourth-order valence-corrected chi connectivity index (χ4v) is 3.52. The van der Waals surface area contributed by atoms with E-state index in [0.717, 1.165) is 5.69 Å². The fraction of sp³-hybridized carbons (Fsp3) is 0.450. The quantitative estimate of drug-likeness (QED) is 0.567. The smallest absolute Gasteiger partial charge is 0.255 e. The second-order valence-electron chi connectivity index (χ2n) is 6.98. The van der Waals surface area contributed by atoms with Crippen molar-refractivity contribution in [1.82, 2.24) is 20.6 Å². The number of hydrogen-bond acceptors (Lipinski definition) is 5. The molecule has 3 atom stereocenters. The van der Waals surface area contributed by atoms with E-state index in [-0.39, 0.29) is 23.8 Å². The summed E-state index contributed by atoms with van der Waals surface area (Å²) < 4.78 is 5.21. The predicted octanol–water partition coefficient (Wildman–Crippen LogP) is 1.04. The predicted molar refractivity (Wildman–Crippen MR) is 103 cm³/mol. The molecule has 0 bridgehead atoms. The summed E-state index contributed by atoms with van der Waals surface area (Å²) in [4.78, 5) is 31.8. The third-order valence-electron chi connectivity index (χ3n) is 5.10. The van der Waals surface area contributed by atoms with E-state index >= 15 is 0 Å². The van der Waals surface area contributed by atoms with E-state index in [4.69, 9.17) is 4.74 Å². The number of aliphatic hydroxyl groups excluding tert-OH is 1. The molecule has 1 fully saturated rings. The summed E-state index contributed by atoms with van der Waals surface area (Å²) in [5, 5.41) is 16.2. The zero-order chi connectivity index (χ0) is 19.9. The van der Waals surface area contributed by atoms with E-state index in [0.29, 0.717) is 43.5 Å². The van der Waals surface area contributed by atoms with Crippen LogP contribution in [0.5, 0.6) is 5.75 Å². The Morgan fingerprint density at radius 3 is 2.86 bits per heavy atom. The number of carbonyl (C=O) groups excluding carboxylic acids is 2. The second kappa shape index (κ2) is 9.36. The number of nitrogens with one attached hydrogen (secondary N) is 3. The summed E-state index contributed by atoms with van der Waals surface area (Å²) >= 11 is 0. The molecular formula is C20H26N4O4. The van der Waals surface area contributed by atoms with Gasteiger partial charge < -0.3 is 25.5 Å². The average molecular weight is 386 g/mol. The average Bonchev–Trinajstić information content (AvgIpc) is 3.22. The summed E-state index contributed by atoms with van der Waals surface area (Å²) in [5.41, 5.74) is 1.39. The van der Waals surface area contributed by atoms with Crippen molar-refractivity contribution in [1.29, 1.82) is 0 Å². The topological polar surface area (TPSA) is 116 Å². The summed E-state index contributed by atoms with van der Waals surface area (Å²) in [6.45, 7) is 0.515. The molecule has 8 heteroatoms. The van der Waals surface area contributed by atoms with Crippen molar-refractivity contribution in [3.05, 3.63) is 48.0 Å². The second-order valence-corrected chi connectivity index (χ2v) is 6.98. The number of imidazole rings is 1. The number of amides is 2. The Morgan fingerprint density at radius 1 is 1.32 bits per heavy atom. The molecular weight excluding hydrogens is 360 g/mol. The third-order valence-corrected chi connectivity index (χ3v) is 5.10. The highest BCUT2D eigenvalue weighted by Crippen LogP contribution is 2.26. The third kappa shape index (κ3) is 4.89. The molecule has 0 saturated heterocycles. The van der Waals surface area contributed by atoms with Gasteiger partial charge in [0.15, 0.2) is 0 Å². The van der Waals surface area contributed by atoms with Crippen molar-refractivity contribution in [3.63, 3.8) is 0 Å². The highest BCUT2D eigenvalue weighted by molar-refractivity contribution is 5.97. The molecule has 0 radical (unpaired) electrons. The molecule has 8 nitrogen and oxygen atoms in total. The Labute approximate surface area is 163 Å². The first-order valence-corrected chi connectivity index (χ1v) is 9.45. The Morgan fingerprint density at radius 2 is 2.14 bits per heavy atom. The van der Waals surface area contributed by atoms with Crippen molar-refractivity contribution < 1.29 is 19.4 Å². The zero-order valence-corrected chi connectivity index (χ0v) is 15.9. The van der Waals surface area contributed by atoms with Crippen LogP contribution >= 0.6 is 0 Å². The first kappa shape index (κ1) is 19.9. The number of para-hydroxylation sites is 1. The first-order valence-electron chi connectivity index (χ1n) is 9.45. The van der Waals surface area contributed by atoms with Crippen molar-refractivity contribution >= 4 is 11.8 Å². The number of aromatic nitrogens is 2. The lowest BCUT2D eigenvalue weighted by Gasteiger charge is -2.33. The molecule has 1 aromatic heterocycles. The molecule has 1 aromatic carbocycles. The SMILES string of the molecule is COc1ccccc1C(=O)N[C@@H]1CC[C@H](C(=O)NCCc2cnc[nH]2)C[C@H]1O. The van der Waals surface area contributed by atoms with E-state index < -0.39 is 6.10 Å². The number of aliphatic hydroxyl groups is 1. The van der Waals surface area contributed by atoms with Gasteiger partial charge in [0.1, 0.15) is 5.75 Å². The molecule has 1 saturated carbocycles. The molecule has 28 heavy (non-hydrogen) atoms. The molecule has 4 N–H and O–H groups in total. The van der Waals surface area contributed by atoms with Crippen LogP contribution in [0.4, 0.5) is 0 Å². The summed E-state index contributed by atoms with van der Waals surface area (Å²) in [7, 11) is 1.51. The number of H-pyrrole nitrogens is 1. The van der Waals surface area contributed by atoms with Gasteiger partial charge in [0, 0.05) is 30.8 Å². The molecule has 2 aromatic rings. The van der Waals surface area contributed by atoms with Gasteiger partial charge in [-0.1, -0.05) is 12.1 Å². The van der Waals surface area contributed by atoms with Crippen LogP contribution in [0.2, 0.25) is 0 Å². The van der Waals surface area contributed by atoms with Crippen LogP contribution in [0.1, 0.15) is 35.3 Å². The van der Waals surface area contributed by atoms with Gasteiger partial charge in [-0.3, -0.25) is 9.59 Å². The molecule has 0 aliphatic heterocycles. The number of ether oxygens (including phenoxy) is 1. The van der Waals surface area contributed by atoms with E-state index in [1.165, 1.54) is 7.11 Å². The number of aromatic amines is 1. The molecule has 1 aliphatic carbocycles. The van der Waals surface area contributed by atoms with Gasteiger partial charge in [-0.15, -0.1) is 0 Å². The normalized spacial score (nSPS) is 21.7. The van der Waals surface area contributed by atoms with Gasteiger partial charge in [0.25, 0.3) is 5.91 Å². The van der Waals surface area contributed by atoms with Gasteiger partial charge in [-0.2, -0.15) is 0 Å². The van der Waals surface area contributed by atoms with E-state index in [1.807, 2.05) is 0 Å². The van der Waals surface area contributed by atoms with Gasteiger partial charge in [-0.05, 0) is 31.4 Å². The molecule has 1 heterocycles. The molecule has 150 valence electrons. The Hall–Kier alpha value is -2.87. The zero-order valence-electron chi connectivity index (χ0n) is 15.9. The van der Waals surface area contributed by atoms with Gasteiger partial charge in [0.05, 0.1) is 31.1 Å². The van der Waals surface area contributed by atoms with Crippen LogP contribution in [0.3, 0.4) is 0 Å². The van der Waals surface area contributed by atoms with Gasteiger partial charge in [0.2, 0.25) is 5.91 Å². The maximum Gasteiger partial charge on any atom is 0.255 e. The largest absolute Gasteiger partial charge is 0.496 e. The first-order chi connectivity index (χ1) is 13.6. The minimum Gasteiger partial charge on any atom is -0.496 e. The Bertz CT molecular complexity index is 793. The summed E-state index contributed by atoms with van der Waals surface area (Å²) in [5.74, 6) is -0.118. The molecule has 0 unspecified atom stereocenters. The minimum absolute atomic E-state index is 0.0620. The van der Waals surface area contributed by atoms with Crippen molar-refractivity contribution in [3.8, 4) is 5.75 Å². The van der Waals surface area contributed by atoms with E-state index in [2.05, 4.69) is 20.6 Å². The van der Waals surface area contributed by atoms with Crippen LogP contribution in [-0.2, 0) is 11.2 Å². The highest BCUT2D eigenvalue weighted by Gasteiger charge is 2.33. The van der Waals surface area contributed by atoms with Crippen LogP contribution in [0.15, 0.2) is 36.8 Å². The number of nitrogens with zero attached hydrogens (tertiary/aromatic N) is 1. The molecule has 3 rings (SSSR count). The number of hydrogen-bond donors (Lipinski definition) is 4. The van der Waals surface area contributed by atoms with Crippen LogP contribution in [-0.4, -0.2) is 52.7 Å². The lowest BCUT2D eigenvalue weighted by molar-refractivity contribution is -0.127. The number of methoxy groups -OCH3 is 1. The monoisotopic (exact) mass is 386 g/mol. The van der Waals surface area contributed by atoms with E-state index in [1.54, 1.807) is 36.8 Å². The highest BCUT2D eigenvalue weighted by atomic mass is 16.5. The minimum atomic E-state index is -0.768. The Kier molecular flexibility index (Phi) is 6.65. The van der Waals surface area contributed by atoms with Crippen LogP contribution in [0.25, 0.3) is 0 Å². The summed E-state index contributed by atoms with van der Waals surface area (Å²) in [6.07, 6.45) is 4.73. The maximum absolute atomic E-state index is 12.5. The van der Waals surface area contributed by atoms with Crippen LogP contribution < -0.4 is 15.4 Å². The molecule has 1 aliphatic rings. The standard InChI is InChI=1S/C20H26N4O4/c1-28-18-5-3-2-4-15(18)20(27)24-16-7-6-13(10-17(16)25)19(26)22-9-8-14-11-21-12-23-14/h2-5,11-13,16-17,25H,6-10H2,1H3,(H,21,23)(H,22,26)(H,24,27)/t13-,16+,17+/m0/s1. The Balaban J connectivity index is 1.47. The van der Waals surface area contributed by atoms with Gasteiger partial charge in [-0.25, -0.2) is 4.98 Å². The van der Waals surface area contributed by atoms with Crippen molar-refractivity contribution in [2.45, 2.75) is 37.8 Å². The number of rotatable bonds is 7. The molecule has 2 amide bonds. The van der Waals surface area contributed by atoms with Gasteiger partial charge >= 0.3 is 0 Å². The van der Waals surface area contributed by atoms with E-state index in [9.17, 15) is 14.7 Å². The fourth-order valence-electron chi connectivity index (χ4n) is 3.52. The number of benzene rings is 1. The van der Waals surface area contributed by atoms with Crippen molar-refractivity contribution in [2.24, 2.45) is 5.92 Å². The maximum atomic E-state index is 12.5. The lowest BCUT2D eigenvalue weighted by Crippen LogP contribution is -2.49. The summed E-state index contributed by atoms with van der Waals surface area (Å²) in [6, 6.07) is 6.57. The lowest BCUT2D eigenvalue weighted by atomic mass is 9.83. The molecule has 0 spiro atoms. The van der Waals surface area contributed by atoms with Crippen LogP contribution in [0, 0.1) is 5.92 Å².